The van der Waals surface area contributed by atoms with Gasteiger partial charge in [0.1, 0.15) is 18.2 Å². The van der Waals surface area contributed by atoms with E-state index in [-0.39, 0.29) is 0 Å². The number of hydrogen-bond acceptors (Lipinski definition) is 2. The summed E-state index contributed by atoms with van der Waals surface area (Å²) in [5, 5.41) is 12.4. The molecule has 0 N–H and O–H groups in total. The van der Waals surface area contributed by atoms with Crippen LogP contribution < -0.4 is 4.57 Å². The zero-order chi connectivity index (χ0) is 26.4. The fourth-order valence-corrected chi connectivity index (χ4v) is 6.48. The summed E-state index contributed by atoms with van der Waals surface area (Å²) in [4.78, 5) is 0. The van der Waals surface area contributed by atoms with Gasteiger partial charge in [-0.1, -0.05) is 56.3 Å². The van der Waals surface area contributed by atoms with Crippen LogP contribution >= 0.6 is 0 Å². The lowest BCUT2D eigenvalue weighted by atomic mass is 9.75. The molecule has 38 heavy (non-hydrogen) atoms. The summed E-state index contributed by atoms with van der Waals surface area (Å²) < 4.78 is 9.04. The highest BCUT2D eigenvalue weighted by atomic mass is 16.3. The lowest BCUT2D eigenvalue weighted by Gasteiger charge is -2.29. The van der Waals surface area contributed by atoms with Crippen molar-refractivity contribution in [3.8, 4) is 17.3 Å². The molecular formula is C35H35N2O+. The van der Waals surface area contributed by atoms with Gasteiger partial charge in [0.25, 0.3) is 0 Å². The molecule has 0 atom stereocenters. The largest absolute Gasteiger partial charge is 0.455 e. The van der Waals surface area contributed by atoms with E-state index in [1.54, 1.807) is 0 Å². The molecule has 0 amide bonds. The molecular weight excluding hydrogens is 464 g/mol. The first-order valence-corrected chi connectivity index (χ1v) is 13.9. The van der Waals surface area contributed by atoms with Crippen molar-refractivity contribution in [3.05, 3.63) is 101 Å². The van der Waals surface area contributed by atoms with Gasteiger partial charge in [0.15, 0.2) is 6.20 Å². The zero-order valence-corrected chi connectivity index (χ0v) is 22.8. The minimum Gasteiger partial charge on any atom is -0.455 e. The molecule has 1 aliphatic rings. The first-order valence-electron chi connectivity index (χ1n) is 13.9. The number of hydrogen-bond donors (Lipinski definition) is 0. The molecule has 0 spiro atoms. The van der Waals surface area contributed by atoms with Gasteiger partial charge < -0.3 is 4.42 Å². The number of fused-ring (bicyclic) bond motifs is 3. The van der Waals surface area contributed by atoms with Gasteiger partial charge in [0.2, 0.25) is 5.69 Å². The summed E-state index contributed by atoms with van der Waals surface area (Å²) in [5.74, 6) is 1.37. The van der Waals surface area contributed by atoms with Crippen LogP contribution in [0, 0.1) is 18.3 Å². The molecule has 2 heterocycles. The van der Waals surface area contributed by atoms with E-state index < -0.39 is 0 Å². The Morgan fingerprint density at radius 3 is 2.26 bits per heavy atom. The second-order valence-corrected chi connectivity index (χ2v) is 11.3. The van der Waals surface area contributed by atoms with Crippen LogP contribution in [0.4, 0.5) is 0 Å². The maximum absolute atomic E-state index is 10.1. The second-order valence-electron chi connectivity index (χ2n) is 11.3. The molecule has 0 aliphatic heterocycles. The predicted octanol–water partition coefficient (Wildman–Crippen LogP) is 8.82. The number of nitriles is 1. The van der Waals surface area contributed by atoms with Crippen LogP contribution in [0.25, 0.3) is 33.2 Å². The summed E-state index contributed by atoms with van der Waals surface area (Å²) in [6, 6.07) is 26.4. The van der Waals surface area contributed by atoms with Crippen LogP contribution in [0.5, 0.6) is 0 Å². The molecule has 0 bridgehead atoms. The maximum atomic E-state index is 10.1. The summed E-state index contributed by atoms with van der Waals surface area (Å²) >= 11 is 0. The Bertz CT molecular complexity index is 1680. The van der Waals surface area contributed by atoms with E-state index in [0.29, 0.717) is 17.8 Å². The van der Waals surface area contributed by atoms with E-state index in [4.69, 9.17) is 4.42 Å². The van der Waals surface area contributed by atoms with Crippen LogP contribution in [-0.2, 0) is 7.05 Å². The Morgan fingerprint density at radius 1 is 0.868 bits per heavy atom. The van der Waals surface area contributed by atoms with Crippen molar-refractivity contribution in [2.75, 3.05) is 0 Å². The van der Waals surface area contributed by atoms with Gasteiger partial charge in [0.05, 0.1) is 17.2 Å². The molecule has 1 saturated carbocycles. The normalized spacial score (nSPS) is 17.8. The van der Waals surface area contributed by atoms with Crippen molar-refractivity contribution in [2.24, 2.45) is 7.05 Å². The average molecular weight is 500 g/mol. The third-order valence-corrected chi connectivity index (χ3v) is 8.68. The summed E-state index contributed by atoms with van der Waals surface area (Å²) in [6.45, 7) is 6.63. The van der Waals surface area contributed by atoms with Crippen LogP contribution in [-0.4, -0.2) is 0 Å². The van der Waals surface area contributed by atoms with Crippen molar-refractivity contribution in [3.63, 3.8) is 0 Å². The molecule has 1 fully saturated rings. The molecule has 0 saturated heterocycles. The highest BCUT2D eigenvalue weighted by Gasteiger charge is 2.29. The van der Waals surface area contributed by atoms with Gasteiger partial charge in [-0.2, -0.15) is 5.26 Å². The molecule has 0 radical (unpaired) electrons. The average Bonchev–Trinajstić information content (AvgIpc) is 3.32. The summed E-state index contributed by atoms with van der Waals surface area (Å²) in [6.07, 6.45) is 6.57. The second kappa shape index (κ2) is 9.76. The Morgan fingerprint density at radius 2 is 1.55 bits per heavy atom. The van der Waals surface area contributed by atoms with Crippen LogP contribution in [0.3, 0.4) is 0 Å². The Balaban J connectivity index is 1.49. The number of aromatic nitrogens is 1. The van der Waals surface area contributed by atoms with Crippen LogP contribution in [0.1, 0.15) is 85.1 Å². The molecule has 0 unspecified atom stereocenters. The Kier molecular flexibility index (Phi) is 6.28. The first kappa shape index (κ1) is 24.4. The molecule has 190 valence electrons. The number of aryl methyl sites for hydroxylation is 2. The number of benzene rings is 3. The maximum Gasteiger partial charge on any atom is 0.216 e. The van der Waals surface area contributed by atoms with Gasteiger partial charge in [-0.3, -0.25) is 0 Å². The van der Waals surface area contributed by atoms with Crippen LogP contribution in [0.15, 0.2) is 77.3 Å². The van der Waals surface area contributed by atoms with E-state index >= 15 is 0 Å². The number of pyridine rings is 1. The topological polar surface area (TPSA) is 40.8 Å². The van der Waals surface area contributed by atoms with Gasteiger partial charge >= 0.3 is 0 Å². The third-order valence-electron chi connectivity index (χ3n) is 8.68. The van der Waals surface area contributed by atoms with Gasteiger partial charge in [-0.25, -0.2) is 4.57 Å². The van der Waals surface area contributed by atoms with Crippen molar-refractivity contribution in [2.45, 2.75) is 64.2 Å². The van der Waals surface area contributed by atoms with Crippen LogP contribution in [0.2, 0.25) is 0 Å². The molecule has 1 aliphatic carbocycles. The van der Waals surface area contributed by atoms with Crippen molar-refractivity contribution < 1.29 is 8.98 Å². The monoisotopic (exact) mass is 499 g/mol. The standard InChI is InChI=1S/C35H35N2O/c1-22(2)27-18-19-37(4)31(20-27)32-23(3)10-16-29-30-17-15-28(21-36)33(35(30)38-34(29)32)26-13-11-25(12-14-26)24-8-6-5-7-9-24/h5-10,15-20,22,25-26H,11-14H2,1-4H3/q+1. The number of rotatable bonds is 4. The molecule has 5 aromatic rings. The lowest BCUT2D eigenvalue weighted by Crippen LogP contribution is -2.31. The Labute approximate surface area is 225 Å². The lowest BCUT2D eigenvalue weighted by molar-refractivity contribution is -0.660. The fourth-order valence-electron chi connectivity index (χ4n) is 6.48. The zero-order valence-electron chi connectivity index (χ0n) is 22.8. The predicted molar refractivity (Wildman–Crippen MR) is 154 cm³/mol. The molecule has 3 aromatic carbocycles. The van der Waals surface area contributed by atoms with E-state index in [2.05, 4.69) is 105 Å². The highest BCUT2D eigenvalue weighted by molar-refractivity contribution is 6.11. The Hall–Kier alpha value is -3.90. The molecule has 3 heteroatoms. The van der Waals surface area contributed by atoms with E-state index in [9.17, 15) is 5.26 Å². The SMILES string of the molecule is Cc1ccc2c(oc3c(C4CCC(c5ccccc5)CC4)c(C#N)ccc32)c1-c1cc(C(C)C)cc[n+]1C. The number of nitrogens with zero attached hydrogens (tertiary/aromatic N) is 2. The van der Waals surface area contributed by atoms with Crippen molar-refractivity contribution in [1.82, 2.24) is 0 Å². The van der Waals surface area contributed by atoms with E-state index in [1.165, 1.54) is 16.7 Å². The highest BCUT2D eigenvalue weighted by Crippen LogP contribution is 2.46. The van der Waals surface area contributed by atoms with E-state index in [0.717, 1.165) is 70.0 Å². The van der Waals surface area contributed by atoms with Gasteiger partial charge in [-0.15, -0.1) is 0 Å². The molecule has 3 nitrogen and oxygen atoms in total. The summed E-state index contributed by atoms with van der Waals surface area (Å²) in [5.41, 5.74) is 9.92. The van der Waals surface area contributed by atoms with Gasteiger partial charge in [0, 0.05) is 28.5 Å². The number of furan rings is 1. The summed E-state index contributed by atoms with van der Waals surface area (Å²) in [7, 11) is 2.10. The van der Waals surface area contributed by atoms with Crippen molar-refractivity contribution in [1.29, 1.82) is 5.26 Å². The van der Waals surface area contributed by atoms with Crippen molar-refractivity contribution >= 4 is 21.9 Å². The van der Waals surface area contributed by atoms with E-state index in [1.807, 2.05) is 6.07 Å². The third kappa shape index (κ3) is 4.09. The smallest absolute Gasteiger partial charge is 0.216 e. The van der Waals surface area contributed by atoms with Gasteiger partial charge in [-0.05, 0) is 79.2 Å². The quantitative estimate of drug-likeness (QED) is 0.232. The minimum absolute atomic E-state index is 0.332. The molecule has 2 aromatic heterocycles. The fraction of sp³-hybridized carbons (Fsp3) is 0.314. The first-order chi connectivity index (χ1) is 18.5. The minimum atomic E-state index is 0.332. The molecule has 6 rings (SSSR count).